The molecule has 0 bridgehead atoms. The van der Waals surface area contributed by atoms with Crippen LogP contribution in [0.4, 0.5) is 0 Å². The Hall–Kier alpha value is -0.570. The summed E-state index contributed by atoms with van der Waals surface area (Å²) in [7, 11) is 4.04. The first-order valence-corrected chi connectivity index (χ1v) is 5.08. The van der Waals surface area contributed by atoms with Crippen LogP contribution < -0.4 is 0 Å². The summed E-state index contributed by atoms with van der Waals surface area (Å²) in [5.41, 5.74) is -0.0122. The molecule has 0 aromatic heterocycles. The smallest absolute Gasteiger partial charge is 0.229 e. The molecule has 0 aliphatic carbocycles. The maximum absolute atomic E-state index is 11.9. The summed E-state index contributed by atoms with van der Waals surface area (Å²) in [6, 6.07) is 0. The van der Waals surface area contributed by atoms with Crippen molar-refractivity contribution in [2.45, 2.75) is 19.3 Å². The highest BCUT2D eigenvalue weighted by Crippen LogP contribution is 2.38. The molecule has 1 amide bonds. The number of amides is 1. The third-order valence-electron chi connectivity index (χ3n) is 3.49. The van der Waals surface area contributed by atoms with Gasteiger partial charge in [0.1, 0.15) is 0 Å². The zero-order chi connectivity index (χ0) is 9.47. The summed E-state index contributed by atoms with van der Waals surface area (Å²) >= 11 is 0. The number of hydrogen-bond acceptors (Lipinski definition) is 2. The second kappa shape index (κ2) is 2.98. The van der Waals surface area contributed by atoms with Crippen molar-refractivity contribution in [2.24, 2.45) is 5.41 Å². The van der Waals surface area contributed by atoms with Gasteiger partial charge in [-0.15, -0.1) is 0 Å². The van der Waals surface area contributed by atoms with Crippen LogP contribution in [-0.4, -0.2) is 49.4 Å². The van der Waals surface area contributed by atoms with Gasteiger partial charge >= 0.3 is 0 Å². The summed E-state index contributed by atoms with van der Waals surface area (Å²) in [4.78, 5) is 16.1. The molecule has 0 aromatic carbocycles. The lowest BCUT2D eigenvalue weighted by molar-refractivity contribution is -0.137. The highest BCUT2D eigenvalue weighted by molar-refractivity contribution is 5.85. The van der Waals surface area contributed by atoms with E-state index in [0.29, 0.717) is 5.91 Å². The van der Waals surface area contributed by atoms with E-state index in [-0.39, 0.29) is 5.41 Å². The average molecular weight is 182 g/mol. The lowest BCUT2D eigenvalue weighted by Gasteiger charge is -2.36. The van der Waals surface area contributed by atoms with Crippen LogP contribution in [0.2, 0.25) is 0 Å². The normalized spacial score (nSPS) is 36.2. The van der Waals surface area contributed by atoms with Gasteiger partial charge in [-0.05, 0) is 32.9 Å². The van der Waals surface area contributed by atoms with E-state index in [2.05, 4.69) is 11.9 Å². The van der Waals surface area contributed by atoms with E-state index in [1.54, 1.807) is 0 Å². The number of nitrogens with zero attached hydrogens (tertiary/aromatic N) is 2. The van der Waals surface area contributed by atoms with E-state index in [0.717, 1.165) is 32.5 Å². The number of hydrogen-bond donors (Lipinski definition) is 0. The van der Waals surface area contributed by atoms with Crippen molar-refractivity contribution >= 4 is 5.91 Å². The van der Waals surface area contributed by atoms with Crippen molar-refractivity contribution < 1.29 is 4.79 Å². The second-order valence-electron chi connectivity index (χ2n) is 4.60. The number of piperidine rings is 1. The third-order valence-corrected chi connectivity index (χ3v) is 3.49. The van der Waals surface area contributed by atoms with Crippen molar-refractivity contribution in [1.29, 1.82) is 0 Å². The Morgan fingerprint density at radius 3 is 2.54 bits per heavy atom. The summed E-state index contributed by atoms with van der Waals surface area (Å²) in [6.07, 6.45) is 3.34. The van der Waals surface area contributed by atoms with Crippen LogP contribution in [0.5, 0.6) is 0 Å². The number of rotatable bonds is 0. The molecule has 2 rings (SSSR count). The largest absolute Gasteiger partial charge is 0.345 e. The first-order chi connectivity index (χ1) is 6.14. The summed E-state index contributed by atoms with van der Waals surface area (Å²) in [5, 5.41) is 0. The Labute approximate surface area is 79.7 Å². The minimum atomic E-state index is -0.0122. The molecule has 0 N–H and O–H groups in total. The molecule has 1 atom stereocenters. The molecule has 3 nitrogen and oxygen atoms in total. The van der Waals surface area contributed by atoms with E-state index in [9.17, 15) is 4.79 Å². The van der Waals surface area contributed by atoms with E-state index in [1.807, 2.05) is 11.9 Å². The standard InChI is InChI=1S/C10H18N2O/c1-11-6-3-4-10(8-11)5-7-12(2)9(10)13/h3-8H2,1-2H3/t10-/m0/s1. The fourth-order valence-electron chi connectivity index (χ4n) is 2.74. The second-order valence-corrected chi connectivity index (χ2v) is 4.60. The zero-order valence-electron chi connectivity index (χ0n) is 8.55. The number of carbonyl (C=O) groups is 1. The van der Waals surface area contributed by atoms with Crippen molar-refractivity contribution in [3.05, 3.63) is 0 Å². The van der Waals surface area contributed by atoms with Crippen molar-refractivity contribution in [2.75, 3.05) is 33.7 Å². The molecule has 13 heavy (non-hydrogen) atoms. The Kier molecular flexibility index (Phi) is 2.06. The summed E-state index contributed by atoms with van der Waals surface area (Å²) in [5.74, 6) is 0.374. The number of likely N-dealkylation sites (tertiary alicyclic amines) is 2. The maximum atomic E-state index is 11.9. The molecule has 3 heteroatoms. The summed E-state index contributed by atoms with van der Waals surface area (Å²) in [6.45, 7) is 3.07. The molecule has 0 aromatic rings. The minimum Gasteiger partial charge on any atom is -0.345 e. The van der Waals surface area contributed by atoms with E-state index >= 15 is 0 Å². The van der Waals surface area contributed by atoms with Crippen LogP contribution in [0.1, 0.15) is 19.3 Å². The maximum Gasteiger partial charge on any atom is 0.229 e. The quantitative estimate of drug-likeness (QED) is 0.546. The molecule has 0 radical (unpaired) electrons. The van der Waals surface area contributed by atoms with Gasteiger partial charge in [-0.1, -0.05) is 0 Å². The minimum absolute atomic E-state index is 0.0122. The fourth-order valence-corrected chi connectivity index (χ4v) is 2.74. The Balaban J connectivity index is 2.15. The van der Waals surface area contributed by atoms with E-state index in [1.165, 1.54) is 6.42 Å². The first-order valence-electron chi connectivity index (χ1n) is 5.08. The molecule has 2 saturated heterocycles. The van der Waals surface area contributed by atoms with Gasteiger partial charge in [-0.2, -0.15) is 0 Å². The van der Waals surface area contributed by atoms with Gasteiger partial charge in [0.25, 0.3) is 0 Å². The van der Waals surface area contributed by atoms with E-state index < -0.39 is 0 Å². The van der Waals surface area contributed by atoms with Crippen molar-refractivity contribution in [3.8, 4) is 0 Å². The topological polar surface area (TPSA) is 23.6 Å². The zero-order valence-corrected chi connectivity index (χ0v) is 8.55. The molecule has 0 saturated carbocycles. The molecule has 0 unspecified atom stereocenters. The fraction of sp³-hybridized carbons (Fsp3) is 0.900. The van der Waals surface area contributed by atoms with E-state index in [4.69, 9.17) is 0 Å². The van der Waals surface area contributed by atoms with Crippen LogP contribution in [-0.2, 0) is 4.79 Å². The molecule has 2 fully saturated rings. The van der Waals surface area contributed by atoms with Gasteiger partial charge < -0.3 is 9.80 Å². The molecule has 74 valence electrons. The lowest BCUT2D eigenvalue weighted by atomic mass is 9.79. The monoisotopic (exact) mass is 182 g/mol. The molecule has 2 aliphatic heterocycles. The average Bonchev–Trinajstić information content (AvgIpc) is 2.35. The lowest BCUT2D eigenvalue weighted by Crippen LogP contribution is -2.45. The Bertz CT molecular complexity index is 225. The van der Waals surface area contributed by atoms with Crippen LogP contribution >= 0.6 is 0 Å². The van der Waals surface area contributed by atoms with Crippen LogP contribution in [0.15, 0.2) is 0 Å². The number of carbonyl (C=O) groups excluding carboxylic acids is 1. The Morgan fingerprint density at radius 1 is 1.23 bits per heavy atom. The van der Waals surface area contributed by atoms with Crippen molar-refractivity contribution in [3.63, 3.8) is 0 Å². The summed E-state index contributed by atoms with van der Waals surface area (Å²) < 4.78 is 0. The van der Waals surface area contributed by atoms with Gasteiger partial charge in [0.2, 0.25) is 5.91 Å². The van der Waals surface area contributed by atoms with Crippen LogP contribution in [0.25, 0.3) is 0 Å². The SMILES string of the molecule is CN1CCC[C@]2(CCN(C)C2=O)C1. The molecule has 2 aliphatic rings. The molecule has 2 heterocycles. The predicted molar refractivity (Wildman–Crippen MR) is 51.4 cm³/mol. The highest BCUT2D eigenvalue weighted by atomic mass is 16.2. The third kappa shape index (κ3) is 1.35. The molecular formula is C10H18N2O. The predicted octanol–water partition coefficient (Wildman–Crippen LogP) is 0.560. The first kappa shape index (κ1) is 9.00. The van der Waals surface area contributed by atoms with Gasteiger partial charge in [-0.25, -0.2) is 0 Å². The molecular weight excluding hydrogens is 164 g/mol. The van der Waals surface area contributed by atoms with Crippen LogP contribution in [0.3, 0.4) is 0 Å². The van der Waals surface area contributed by atoms with Crippen molar-refractivity contribution in [1.82, 2.24) is 9.80 Å². The Morgan fingerprint density at radius 2 is 2.00 bits per heavy atom. The van der Waals surface area contributed by atoms with Crippen LogP contribution in [0, 0.1) is 5.41 Å². The molecule has 1 spiro atoms. The van der Waals surface area contributed by atoms with Gasteiger partial charge in [0.05, 0.1) is 5.41 Å². The van der Waals surface area contributed by atoms with Gasteiger partial charge in [0, 0.05) is 20.1 Å². The van der Waals surface area contributed by atoms with Gasteiger partial charge in [-0.3, -0.25) is 4.79 Å². The van der Waals surface area contributed by atoms with Gasteiger partial charge in [0.15, 0.2) is 0 Å². The highest BCUT2D eigenvalue weighted by Gasteiger charge is 2.46.